The number of esters is 1. The zero-order chi connectivity index (χ0) is 21.8. The molecule has 0 saturated carbocycles. The minimum absolute atomic E-state index is 0.0185. The van der Waals surface area contributed by atoms with Gasteiger partial charge in [0.25, 0.3) is 11.7 Å². The lowest BCUT2D eigenvalue weighted by Gasteiger charge is -2.26. The number of Topliss-reactive ketones (excluding diaryl/α,β-unsaturated/α-hetero) is 1. The van der Waals surface area contributed by atoms with Gasteiger partial charge in [0, 0.05) is 25.6 Å². The molecule has 0 spiro atoms. The fourth-order valence-electron chi connectivity index (χ4n) is 3.43. The van der Waals surface area contributed by atoms with Gasteiger partial charge in [0.05, 0.1) is 11.6 Å². The van der Waals surface area contributed by atoms with Gasteiger partial charge in [0.1, 0.15) is 11.5 Å². The van der Waals surface area contributed by atoms with Gasteiger partial charge in [-0.05, 0) is 31.8 Å². The fraction of sp³-hybridized carbons (Fsp3) is 0.261. The Hall–Kier alpha value is -3.45. The Balaban J connectivity index is 2.14. The molecule has 0 bridgehead atoms. The van der Waals surface area contributed by atoms with Crippen LogP contribution in [0.5, 0.6) is 5.75 Å². The number of hydrogen-bond donors (Lipinski definition) is 1. The number of hydrogen-bond acceptors (Lipinski definition) is 6. The predicted molar refractivity (Wildman–Crippen MR) is 112 cm³/mol. The van der Waals surface area contributed by atoms with Crippen molar-refractivity contribution in [3.63, 3.8) is 0 Å². The van der Waals surface area contributed by atoms with Crippen LogP contribution in [0.4, 0.5) is 0 Å². The Morgan fingerprint density at radius 3 is 2.43 bits per heavy atom. The summed E-state index contributed by atoms with van der Waals surface area (Å²) in [5.41, 5.74) is 1.04. The van der Waals surface area contributed by atoms with E-state index in [-0.39, 0.29) is 11.3 Å². The zero-order valence-corrected chi connectivity index (χ0v) is 17.2. The van der Waals surface area contributed by atoms with Gasteiger partial charge >= 0.3 is 5.97 Å². The van der Waals surface area contributed by atoms with Crippen LogP contribution in [0.2, 0.25) is 0 Å². The number of aliphatic hydroxyl groups excluding tert-OH is 1. The van der Waals surface area contributed by atoms with E-state index in [0.29, 0.717) is 30.0 Å². The molecule has 0 radical (unpaired) electrons. The summed E-state index contributed by atoms with van der Waals surface area (Å²) in [5, 5.41) is 10.9. The second-order valence-electron chi connectivity index (χ2n) is 7.33. The second-order valence-corrected chi connectivity index (χ2v) is 7.33. The molecule has 7 heteroatoms. The lowest BCUT2D eigenvalue weighted by Crippen LogP contribution is -2.35. The van der Waals surface area contributed by atoms with E-state index in [1.54, 1.807) is 54.6 Å². The number of benzene rings is 2. The van der Waals surface area contributed by atoms with Crippen molar-refractivity contribution < 1.29 is 24.2 Å². The minimum atomic E-state index is -0.791. The average molecular weight is 408 g/mol. The largest absolute Gasteiger partial charge is 0.507 e. The highest BCUT2D eigenvalue weighted by Gasteiger charge is 2.46. The molecule has 30 heavy (non-hydrogen) atoms. The van der Waals surface area contributed by atoms with Gasteiger partial charge in [-0.3, -0.25) is 14.4 Å². The molecule has 0 aliphatic carbocycles. The van der Waals surface area contributed by atoms with Crippen LogP contribution in [0.15, 0.2) is 60.2 Å². The number of ether oxygens (including phenoxy) is 1. The molecule has 156 valence electrons. The Morgan fingerprint density at radius 2 is 1.80 bits per heavy atom. The zero-order valence-electron chi connectivity index (χ0n) is 17.2. The molecule has 1 N–H and O–H groups in total. The minimum Gasteiger partial charge on any atom is -0.507 e. The van der Waals surface area contributed by atoms with E-state index >= 15 is 0 Å². The SMILES string of the molecule is CC(=O)Oc1cccc(C2/C(=C(/O)c3ccccc3)C(=O)C(=O)N2CCN(C)C)c1. The second kappa shape index (κ2) is 8.92. The third-order valence-electron chi connectivity index (χ3n) is 4.81. The third kappa shape index (κ3) is 4.41. The summed E-state index contributed by atoms with van der Waals surface area (Å²) < 4.78 is 5.17. The lowest BCUT2D eigenvalue weighted by molar-refractivity contribution is -0.140. The van der Waals surface area contributed by atoms with Crippen molar-refractivity contribution in [1.82, 2.24) is 9.80 Å². The molecule has 1 aliphatic heterocycles. The Labute approximate surface area is 175 Å². The number of likely N-dealkylation sites (N-methyl/N-ethyl adjacent to an activating group) is 1. The lowest BCUT2D eigenvalue weighted by atomic mass is 9.95. The number of amides is 1. The normalized spacial score (nSPS) is 18.1. The summed E-state index contributed by atoms with van der Waals surface area (Å²) in [6.07, 6.45) is 0. The maximum atomic E-state index is 12.9. The molecule has 1 heterocycles. The van der Waals surface area contributed by atoms with Crippen molar-refractivity contribution in [3.8, 4) is 5.75 Å². The van der Waals surface area contributed by atoms with Gasteiger partial charge in [0.2, 0.25) is 0 Å². The van der Waals surface area contributed by atoms with Crippen LogP contribution >= 0.6 is 0 Å². The Morgan fingerprint density at radius 1 is 1.10 bits per heavy atom. The van der Waals surface area contributed by atoms with E-state index in [0.717, 1.165) is 0 Å². The first-order chi connectivity index (χ1) is 14.3. The summed E-state index contributed by atoms with van der Waals surface area (Å²) in [4.78, 5) is 40.5. The molecule has 1 aliphatic rings. The summed E-state index contributed by atoms with van der Waals surface area (Å²) in [5.74, 6) is -1.81. The van der Waals surface area contributed by atoms with Gasteiger partial charge in [-0.15, -0.1) is 0 Å². The molecule has 1 unspecified atom stereocenters. The number of carbonyl (C=O) groups is 3. The van der Waals surface area contributed by atoms with Gasteiger partial charge in [0.15, 0.2) is 0 Å². The topological polar surface area (TPSA) is 87.1 Å². The predicted octanol–water partition coefficient (Wildman–Crippen LogP) is 2.60. The van der Waals surface area contributed by atoms with Crippen LogP contribution in [0.1, 0.15) is 24.1 Å². The van der Waals surface area contributed by atoms with E-state index in [1.165, 1.54) is 11.8 Å². The van der Waals surface area contributed by atoms with Crippen LogP contribution in [0.3, 0.4) is 0 Å². The standard InChI is InChI=1S/C23H24N2O5/c1-15(26)30-18-11-7-10-17(14-18)20-19(21(27)16-8-5-4-6-9-16)22(28)23(29)25(20)13-12-24(2)3/h4-11,14,20,27H,12-13H2,1-3H3/b21-19-. The van der Waals surface area contributed by atoms with Crippen molar-refractivity contribution in [2.45, 2.75) is 13.0 Å². The molecule has 1 fully saturated rings. The molecule has 1 saturated heterocycles. The van der Waals surface area contributed by atoms with Crippen LogP contribution < -0.4 is 4.74 Å². The highest BCUT2D eigenvalue weighted by molar-refractivity contribution is 6.46. The van der Waals surface area contributed by atoms with Crippen molar-refractivity contribution in [3.05, 3.63) is 71.3 Å². The molecule has 1 amide bonds. The van der Waals surface area contributed by atoms with E-state index in [9.17, 15) is 19.5 Å². The summed E-state index contributed by atoms with van der Waals surface area (Å²) in [7, 11) is 3.74. The van der Waals surface area contributed by atoms with Crippen molar-refractivity contribution >= 4 is 23.4 Å². The van der Waals surface area contributed by atoms with E-state index in [1.807, 2.05) is 19.0 Å². The third-order valence-corrected chi connectivity index (χ3v) is 4.81. The van der Waals surface area contributed by atoms with Crippen LogP contribution in [0.25, 0.3) is 5.76 Å². The summed E-state index contributed by atoms with van der Waals surface area (Å²) >= 11 is 0. The first-order valence-corrected chi connectivity index (χ1v) is 9.56. The molecule has 1 atom stereocenters. The Bertz CT molecular complexity index is 998. The number of nitrogens with zero attached hydrogens (tertiary/aromatic N) is 2. The molecule has 2 aromatic carbocycles. The molecular weight excluding hydrogens is 384 g/mol. The van der Waals surface area contributed by atoms with Crippen LogP contribution in [-0.2, 0) is 14.4 Å². The van der Waals surface area contributed by atoms with Gasteiger partial charge in [-0.25, -0.2) is 0 Å². The van der Waals surface area contributed by atoms with Crippen molar-refractivity contribution in [1.29, 1.82) is 0 Å². The van der Waals surface area contributed by atoms with E-state index in [4.69, 9.17) is 4.74 Å². The van der Waals surface area contributed by atoms with Gasteiger partial charge < -0.3 is 19.6 Å². The first-order valence-electron chi connectivity index (χ1n) is 9.56. The maximum absolute atomic E-state index is 12.9. The average Bonchev–Trinajstić information content (AvgIpc) is 2.96. The maximum Gasteiger partial charge on any atom is 0.308 e. The molecular formula is C23H24N2O5. The van der Waals surface area contributed by atoms with Gasteiger partial charge in [-0.2, -0.15) is 0 Å². The number of rotatable bonds is 6. The fourth-order valence-corrected chi connectivity index (χ4v) is 3.43. The molecule has 7 nitrogen and oxygen atoms in total. The first kappa shape index (κ1) is 21.3. The molecule has 0 aromatic heterocycles. The molecule has 2 aromatic rings. The number of carbonyl (C=O) groups excluding carboxylic acids is 3. The highest BCUT2D eigenvalue weighted by Crippen LogP contribution is 2.40. The quantitative estimate of drug-likeness (QED) is 0.260. The van der Waals surface area contributed by atoms with Crippen molar-refractivity contribution in [2.24, 2.45) is 0 Å². The number of aliphatic hydroxyl groups is 1. The Kier molecular flexibility index (Phi) is 6.32. The van der Waals surface area contributed by atoms with Crippen LogP contribution in [-0.4, -0.2) is 59.8 Å². The molecule has 3 rings (SSSR count). The smallest absolute Gasteiger partial charge is 0.308 e. The summed E-state index contributed by atoms with van der Waals surface area (Å²) in [6, 6.07) is 14.5. The van der Waals surface area contributed by atoms with Crippen molar-refractivity contribution in [2.75, 3.05) is 27.2 Å². The number of ketones is 1. The van der Waals surface area contributed by atoms with E-state index < -0.39 is 23.7 Å². The highest BCUT2D eigenvalue weighted by atomic mass is 16.5. The summed E-state index contributed by atoms with van der Waals surface area (Å²) in [6.45, 7) is 2.13. The monoisotopic (exact) mass is 408 g/mol. The van der Waals surface area contributed by atoms with Crippen LogP contribution in [0, 0.1) is 0 Å². The van der Waals surface area contributed by atoms with Gasteiger partial charge in [-0.1, -0.05) is 42.5 Å². The number of likely N-dealkylation sites (tertiary alicyclic amines) is 1. The van der Waals surface area contributed by atoms with E-state index in [2.05, 4.69) is 0 Å².